The fraction of sp³-hybridized carbons (Fsp3) is 0.0667. The van der Waals surface area contributed by atoms with Crippen LogP contribution in [0.25, 0.3) is 11.0 Å². The molecule has 118 valence electrons. The standard InChI is InChI=1S/C15H8F4N2O2/c16-11-5-10(23-9-3-1-8(7-22)2-4-9)6-12-13(11)21-14(20-12)15(17,18)19/h1-7H,(H,20,21). The van der Waals surface area contributed by atoms with Crippen LogP contribution in [0.5, 0.6) is 11.5 Å². The maximum absolute atomic E-state index is 13.9. The number of carbonyl (C=O) groups is 1. The van der Waals surface area contributed by atoms with E-state index in [0.717, 1.165) is 6.07 Å². The van der Waals surface area contributed by atoms with E-state index >= 15 is 0 Å². The largest absolute Gasteiger partial charge is 0.457 e. The van der Waals surface area contributed by atoms with Crippen molar-refractivity contribution in [2.45, 2.75) is 6.18 Å². The lowest BCUT2D eigenvalue weighted by Crippen LogP contribution is -2.06. The molecule has 0 atom stereocenters. The number of benzene rings is 2. The highest BCUT2D eigenvalue weighted by atomic mass is 19.4. The zero-order valence-corrected chi connectivity index (χ0v) is 11.3. The smallest absolute Gasteiger partial charge is 0.449 e. The molecule has 0 radical (unpaired) electrons. The molecule has 0 fully saturated rings. The molecule has 3 rings (SSSR count). The third-order valence-electron chi connectivity index (χ3n) is 3.03. The van der Waals surface area contributed by atoms with Crippen LogP contribution in [0.15, 0.2) is 36.4 Å². The molecule has 1 N–H and O–H groups in total. The number of aldehydes is 1. The summed E-state index contributed by atoms with van der Waals surface area (Å²) in [7, 11) is 0. The first kappa shape index (κ1) is 15.0. The SMILES string of the molecule is O=Cc1ccc(Oc2cc(F)c3nc(C(F)(F)F)[nH]c3c2)cc1. The molecule has 0 unspecified atom stereocenters. The molecular formula is C15H8F4N2O2. The van der Waals surface area contributed by atoms with Crippen LogP contribution in [0, 0.1) is 5.82 Å². The molecule has 3 aromatic rings. The molecule has 0 amide bonds. The molecule has 0 saturated carbocycles. The molecule has 1 aromatic heterocycles. The van der Waals surface area contributed by atoms with E-state index in [1.54, 1.807) is 0 Å². The number of aromatic amines is 1. The third-order valence-corrected chi connectivity index (χ3v) is 3.03. The van der Waals surface area contributed by atoms with Gasteiger partial charge in [-0.05, 0) is 24.3 Å². The summed E-state index contributed by atoms with van der Waals surface area (Å²) in [5.74, 6) is -1.90. The number of hydrogen-bond acceptors (Lipinski definition) is 3. The number of aromatic nitrogens is 2. The first-order chi connectivity index (χ1) is 10.9. The molecule has 8 heteroatoms. The summed E-state index contributed by atoms with van der Waals surface area (Å²) >= 11 is 0. The number of nitrogens with zero attached hydrogens (tertiary/aromatic N) is 1. The fourth-order valence-corrected chi connectivity index (χ4v) is 1.99. The van der Waals surface area contributed by atoms with E-state index in [0.29, 0.717) is 17.6 Å². The Morgan fingerprint density at radius 2 is 1.78 bits per heavy atom. The number of hydrogen-bond donors (Lipinski definition) is 1. The summed E-state index contributed by atoms with van der Waals surface area (Å²) in [6, 6.07) is 8.12. The second-order valence-electron chi connectivity index (χ2n) is 4.67. The average molecular weight is 324 g/mol. The van der Waals surface area contributed by atoms with Crippen LogP contribution in [0.2, 0.25) is 0 Å². The van der Waals surface area contributed by atoms with Gasteiger partial charge in [0.05, 0.1) is 5.52 Å². The highest BCUT2D eigenvalue weighted by Crippen LogP contribution is 2.32. The Morgan fingerprint density at radius 3 is 2.39 bits per heavy atom. The van der Waals surface area contributed by atoms with Gasteiger partial charge in [0, 0.05) is 17.7 Å². The van der Waals surface area contributed by atoms with E-state index in [9.17, 15) is 22.4 Å². The number of alkyl halides is 3. The number of carbonyl (C=O) groups excluding carboxylic acids is 1. The zero-order valence-electron chi connectivity index (χ0n) is 11.3. The maximum atomic E-state index is 13.9. The van der Waals surface area contributed by atoms with Crippen LogP contribution >= 0.6 is 0 Å². The van der Waals surface area contributed by atoms with Crippen LogP contribution < -0.4 is 4.74 Å². The number of ether oxygens (including phenoxy) is 1. The van der Waals surface area contributed by atoms with E-state index < -0.39 is 23.3 Å². The first-order valence-electron chi connectivity index (χ1n) is 6.36. The highest BCUT2D eigenvalue weighted by molar-refractivity contribution is 5.78. The van der Waals surface area contributed by atoms with E-state index in [1.165, 1.54) is 30.3 Å². The van der Waals surface area contributed by atoms with Gasteiger partial charge in [-0.25, -0.2) is 9.37 Å². The normalized spacial score (nSPS) is 11.7. The second-order valence-corrected chi connectivity index (χ2v) is 4.67. The number of halogens is 4. The molecule has 0 spiro atoms. The topological polar surface area (TPSA) is 55.0 Å². The van der Waals surface area contributed by atoms with Gasteiger partial charge in [-0.3, -0.25) is 4.79 Å². The number of H-pyrrole nitrogens is 1. The van der Waals surface area contributed by atoms with Crippen LogP contribution in [-0.4, -0.2) is 16.3 Å². The monoisotopic (exact) mass is 324 g/mol. The number of imidazole rings is 1. The molecule has 0 aliphatic carbocycles. The van der Waals surface area contributed by atoms with Gasteiger partial charge < -0.3 is 9.72 Å². The van der Waals surface area contributed by atoms with Gasteiger partial charge in [-0.2, -0.15) is 13.2 Å². The van der Waals surface area contributed by atoms with Crippen molar-refractivity contribution < 1.29 is 27.1 Å². The van der Waals surface area contributed by atoms with Crippen molar-refractivity contribution in [3.05, 3.63) is 53.6 Å². The van der Waals surface area contributed by atoms with Crippen molar-refractivity contribution >= 4 is 17.3 Å². The first-order valence-corrected chi connectivity index (χ1v) is 6.36. The molecule has 0 aliphatic rings. The fourth-order valence-electron chi connectivity index (χ4n) is 1.99. The summed E-state index contributed by atoms with van der Waals surface area (Å²) in [5.41, 5.74) is -0.111. The average Bonchev–Trinajstić information content (AvgIpc) is 2.93. The van der Waals surface area contributed by atoms with Crippen molar-refractivity contribution in [1.29, 1.82) is 0 Å². The van der Waals surface area contributed by atoms with E-state index in [4.69, 9.17) is 4.74 Å². The summed E-state index contributed by atoms with van der Waals surface area (Å²) in [4.78, 5) is 15.8. The van der Waals surface area contributed by atoms with Gasteiger partial charge in [-0.15, -0.1) is 0 Å². The lowest BCUT2D eigenvalue weighted by molar-refractivity contribution is -0.144. The summed E-state index contributed by atoms with van der Waals surface area (Å²) < 4.78 is 57.1. The molecule has 0 saturated heterocycles. The molecule has 2 aromatic carbocycles. The second kappa shape index (κ2) is 5.38. The third kappa shape index (κ3) is 3.01. The van der Waals surface area contributed by atoms with Gasteiger partial charge in [0.1, 0.15) is 23.3 Å². The Bertz CT molecular complexity index is 870. The molecular weight excluding hydrogens is 316 g/mol. The van der Waals surface area contributed by atoms with Crippen LogP contribution in [0.1, 0.15) is 16.2 Å². The van der Waals surface area contributed by atoms with E-state index in [-0.39, 0.29) is 11.3 Å². The van der Waals surface area contributed by atoms with E-state index in [2.05, 4.69) is 4.98 Å². The quantitative estimate of drug-likeness (QED) is 0.576. The predicted octanol–water partition coefficient (Wildman–Crippen LogP) is 4.33. The van der Waals surface area contributed by atoms with Crippen LogP contribution in [0.4, 0.5) is 17.6 Å². The van der Waals surface area contributed by atoms with Crippen molar-refractivity contribution in [3.8, 4) is 11.5 Å². The van der Waals surface area contributed by atoms with Gasteiger partial charge in [0.2, 0.25) is 5.82 Å². The summed E-state index contributed by atoms with van der Waals surface area (Å²) in [5, 5.41) is 0. The summed E-state index contributed by atoms with van der Waals surface area (Å²) in [6.07, 6.45) is -4.05. The summed E-state index contributed by atoms with van der Waals surface area (Å²) in [6.45, 7) is 0. The Labute approximate surface area is 126 Å². The van der Waals surface area contributed by atoms with Crippen LogP contribution in [0.3, 0.4) is 0 Å². The Kier molecular flexibility index (Phi) is 3.51. The molecule has 23 heavy (non-hydrogen) atoms. The van der Waals surface area contributed by atoms with Crippen molar-refractivity contribution in [2.24, 2.45) is 0 Å². The number of fused-ring (bicyclic) bond motifs is 1. The lowest BCUT2D eigenvalue weighted by Gasteiger charge is -2.06. The molecule has 1 heterocycles. The Hall–Kier alpha value is -2.90. The minimum atomic E-state index is -4.70. The minimum absolute atomic E-state index is 0.00577. The van der Waals surface area contributed by atoms with Gasteiger partial charge in [-0.1, -0.05) is 0 Å². The Morgan fingerprint density at radius 1 is 1.09 bits per heavy atom. The Balaban J connectivity index is 1.96. The molecule has 0 aliphatic heterocycles. The number of nitrogens with one attached hydrogen (secondary N) is 1. The highest BCUT2D eigenvalue weighted by Gasteiger charge is 2.35. The lowest BCUT2D eigenvalue weighted by atomic mass is 10.2. The minimum Gasteiger partial charge on any atom is -0.457 e. The molecule has 0 bridgehead atoms. The van der Waals surface area contributed by atoms with Crippen molar-refractivity contribution in [1.82, 2.24) is 9.97 Å². The van der Waals surface area contributed by atoms with E-state index in [1.807, 2.05) is 4.98 Å². The van der Waals surface area contributed by atoms with Crippen molar-refractivity contribution in [2.75, 3.05) is 0 Å². The van der Waals surface area contributed by atoms with Gasteiger partial charge in [0.25, 0.3) is 0 Å². The predicted molar refractivity (Wildman–Crippen MR) is 73.0 cm³/mol. The van der Waals surface area contributed by atoms with Gasteiger partial charge >= 0.3 is 6.18 Å². The maximum Gasteiger partial charge on any atom is 0.449 e. The zero-order chi connectivity index (χ0) is 16.6. The number of rotatable bonds is 3. The van der Waals surface area contributed by atoms with Gasteiger partial charge in [0.15, 0.2) is 5.82 Å². The molecule has 4 nitrogen and oxygen atoms in total. The van der Waals surface area contributed by atoms with Crippen LogP contribution in [-0.2, 0) is 6.18 Å². The van der Waals surface area contributed by atoms with Crippen molar-refractivity contribution in [3.63, 3.8) is 0 Å².